The topological polar surface area (TPSA) is 38.3 Å². The van der Waals surface area contributed by atoms with Crippen molar-refractivity contribution >= 4 is 5.91 Å². The summed E-state index contributed by atoms with van der Waals surface area (Å²) in [4.78, 5) is 12.7. The Bertz CT molecular complexity index is 950. The quantitative estimate of drug-likeness (QED) is 0.647. The fraction of sp³-hybridized carbons (Fsp3) is 0.208. The number of rotatable bonds is 7. The molecule has 0 bridgehead atoms. The van der Waals surface area contributed by atoms with Crippen molar-refractivity contribution in [3.8, 4) is 5.75 Å². The highest BCUT2D eigenvalue weighted by Crippen LogP contribution is 2.48. The van der Waals surface area contributed by atoms with E-state index in [-0.39, 0.29) is 23.7 Å². The molecule has 0 heterocycles. The van der Waals surface area contributed by atoms with Crippen molar-refractivity contribution in [3.63, 3.8) is 0 Å². The fourth-order valence-electron chi connectivity index (χ4n) is 3.36. The van der Waals surface area contributed by atoms with E-state index in [9.17, 15) is 9.18 Å². The van der Waals surface area contributed by atoms with Gasteiger partial charge in [0, 0.05) is 12.1 Å². The molecule has 1 saturated carbocycles. The maximum absolute atomic E-state index is 13.6. The van der Waals surface area contributed by atoms with E-state index in [0.717, 1.165) is 24.0 Å². The number of benzene rings is 3. The Morgan fingerprint density at radius 1 is 0.929 bits per heavy atom. The standard InChI is InChI=1S/C24H22FNO2/c25-22-9-5-4-6-19(22)17-28-21-12-10-18(11-13-21)16-26-23(27)24(14-15-24)20-7-2-1-3-8-20/h1-13H,14-17H2,(H,26,27). The van der Waals surface area contributed by atoms with Gasteiger partial charge in [-0.05, 0) is 42.2 Å². The minimum Gasteiger partial charge on any atom is -0.489 e. The van der Waals surface area contributed by atoms with E-state index in [2.05, 4.69) is 5.32 Å². The zero-order valence-electron chi connectivity index (χ0n) is 15.5. The summed E-state index contributed by atoms with van der Waals surface area (Å²) in [5.74, 6) is 0.481. The predicted octanol–water partition coefficient (Wildman–Crippen LogP) is 4.75. The van der Waals surface area contributed by atoms with Crippen molar-refractivity contribution in [3.05, 3.63) is 101 Å². The van der Waals surface area contributed by atoms with Crippen molar-refractivity contribution in [1.82, 2.24) is 5.32 Å². The summed E-state index contributed by atoms with van der Waals surface area (Å²) < 4.78 is 19.3. The highest BCUT2D eigenvalue weighted by atomic mass is 19.1. The second-order valence-electron chi connectivity index (χ2n) is 7.15. The molecule has 3 aromatic carbocycles. The summed E-state index contributed by atoms with van der Waals surface area (Å²) >= 11 is 0. The molecule has 0 unspecified atom stereocenters. The molecule has 142 valence electrons. The summed E-state index contributed by atoms with van der Waals surface area (Å²) in [6, 6.07) is 24.0. The smallest absolute Gasteiger partial charge is 0.230 e. The van der Waals surface area contributed by atoms with Crippen LogP contribution in [0.25, 0.3) is 0 Å². The minimum atomic E-state index is -0.357. The second-order valence-corrected chi connectivity index (χ2v) is 7.15. The number of hydrogen-bond donors (Lipinski definition) is 1. The van der Waals surface area contributed by atoms with E-state index in [0.29, 0.717) is 17.9 Å². The molecule has 28 heavy (non-hydrogen) atoms. The molecule has 1 N–H and O–H groups in total. The van der Waals surface area contributed by atoms with Gasteiger partial charge in [-0.15, -0.1) is 0 Å². The van der Waals surface area contributed by atoms with Crippen molar-refractivity contribution in [2.24, 2.45) is 0 Å². The number of amides is 1. The molecule has 0 spiro atoms. The number of carbonyl (C=O) groups excluding carboxylic acids is 1. The Balaban J connectivity index is 1.31. The molecule has 0 atom stereocenters. The lowest BCUT2D eigenvalue weighted by atomic mass is 9.95. The van der Waals surface area contributed by atoms with Crippen LogP contribution in [0.2, 0.25) is 0 Å². The monoisotopic (exact) mass is 375 g/mol. The molecule has 0 radical (unpaired) electrons. The zero-order chi connectivity index (χ0) is 19.4. The van der Waals surface area contributed by atoms with Gasteiger partial charge < -0.3 is 10.1 Å². The molecule has 0 aromatic heterocycles. The first-order valence-corrected chi connectivity index (χ1v) is 9.46. The maximum atomic E-state index is 13.6. The highest BCUT2D eigenvalue weighted by Gasteiger charge is 2.50. The van der Waals surface area contributed by atoms with E-state index in [1.807, 2.05) is 54.6 Å². The molecule has 1 aliphatic carbocycles. The molecule has 0 aliphatic heterocycles. The third kappa shape index (κ3) is 3.91. The Morgan fingerprint density at radius 2 is 1.61 bits per heavy atom. The van der Waals surface area contributed by atoms with Gasteiger partial charge in [0.25, 0.3) is 0 Å². The van der Waals surface area contributed by atoms with E-state index in [1.165, 1.54) is 6.07 Å². The molecule has 4 rings (SSSR count). The summed E-state index contributed by atoms with van der Waals surface area (Å²) in [7, 11) is 0. The van der Waals surface area contributed by atoms with Crippen LogP contribution in [0.5, 0.6) is 5.75 Å². The third-order valence-corrected chi connectivity index (χ3v) is 5.24. The zero-order valence-corrected chi connectivity index (χ0v) is 15.5. The van der Waals surface area contributed by atoms with Crippen LogP contribution in [-0.2, 0) is 23.4 Å². The molecular weight excluding hydrogens is 353 g/mol. The van der Waals surface area contributed by atoms with E-state index in [4.69, 9.17) is 4.74 Å². The Hall–Kier alpha value is -3.14. The summed E-state index contributed by atoms with van der Waals surface area (Å²) in [6.07, 6.45) is 1.79. The SMILES string of the molecule is O=C(NCc1ccc(OCc2ccccc2F)cc1)C1(c2ccccc2)CC1. The van der Waals surface area contributed by atoms with Crippen LogP contribution in [0.1, 0.15) is 29.5 Å². The average molecular weight is 375 g/mol. The lowest BCUT2D eigenvalue weighted by molar-refractivity contribution is -0.123. The fourth-order valence-corrected chi connectivity index (χ4v) is 3.36. The van der Waals surface area contributed by atoms with Crippen LogP contribution < -0.4 is 10.1 Å². The predicted molar refractivity (Wildman–Crippen MR) is 106 cm³/mol. The molecule has 3 aromatic rings. The molecule has 4 heteroatoms. The first-order valence-electron chi connectivity index (χ1n) is 9.46. The minimum absolute atomic E-state index is 0.0820. The van der Waals surface area contributed by atoms with Crippen LogP contribution in [0, 0.1) is 5.82 Å². The number of hydrogen-bond acceptors (Lipinski definition) is 2. The van der Waals surface area contributed by atoms with Crippen molar-refractivity contribution in [2.75, 3.05) is 0 Å². The van der Waals surface area contributed by atoms with Gasteiger partial charge in [-0.3, -0.25) is 4.79 Å². The average Bonchev–Trinajstić information content (AvgIpc) is 3.55. The first kappa shape index (κ1) is 18.2. The molecule has 0 saturated heterocycles. The van der Waals surface area contributed by atoms with Gasteiger partial charge >= 0.3 is 0 Å². The van der Waals surface area contributed by atoms with Gasteiger partial charge in [-0.2, -0.15) is 0 Å². The summed E-state index contributed by atoms with van der Waals surface area (Å²) in [5.41, 5.74) is 2.25. The van der Waals surface area contributed by atoms with Gasteiger partial charge in [0.1, 0.15) is 18.2 Å². The normalized spacial score (nSPS) is 14.3. The maximum Gasteiger partial charge on any atom is 0.230 e. The van der Waals surface area contributed by atoms with E-state index < -0.39 is 0 Å². The lowest BCUT2D eigenvalue weighted by Crippen LogP contribution is -2.34. The Labute approximate surface area is 164 Å². The second kappa shape index (κ2) is 7.85. The molecule has 1 amide bonds. The van der Waals surface area contributed by atoms with Gasteiger partial charge in [0.05, 0.1) is 5.41 Å². The van der Waals surface area contributed by atoms with Crippen LogP contribution in [0.3, 0.4) is 0 Å². The van der Waals surface area contributed by atoms with Gasteiger partial charge in [-0.1, -0.05) is 60.7 Å². The summed E-state index contributed by atoms with van der Waals surface area (Å²) in [5, 5.41) is 3.06. The van der Waals surface area contributed by atoms with Crippen LogP contribution in [0.15, 0.2) is 78.9 Å². The molecule has 1 aliphatic rings. The Morgan fingerprint density at radius 3 is 2.29 bits per heavy atom. The van der Waals surface area contributed by atoms with Crippen LogP contribution in [0.4, 0.5) is 4.39 Å². The van der Waals surface area contributed by atoms with Crippen molar-refractivity contribution in [1.29, 1.82) is 0 Å². The molecule has 1 fully saturated rings. The molecular formula is C24H22FNO2. The third-order valence-electron chi connectivity index (χ3n) is 5.24. The van der Waals surface area contributed by atoms with E-state index >= 15 is 0 Å². The number of carbonyl (C=O) groups is 1. The van der Waals surface area contributed by atoms with Gasteiger partial charge in [0.15, 0.2) is 0 Å². The lowest BCUT2D eigenvalue weighted by Gasteiger charge is -2.16. The highest BCUT2D eigenvalue weighted by molar-refractivity contribution is 5.91. The van der Waals surface area contributed by atoms with Gasteiger partial charge in [-0.25, -0.2) is 4.39 Å². The van der Waals surface area contributed by atoms with Crippen LogP contribution in [-0.4, -0.2) is 5.91 Å². The van der Waals surface area contributed by atoms with Crippen molar-refractivity contribution in [2.45, 2.75) is 31.4 Å². The largest absolute Gasteiger partial charge is 0.489 e. The number of ether oxygens (including phenoxy) is 1. The molecule has 3 nitrogen and oxygen atoms in total. The number of nitrogens with one attached hydrogen (secondary N) is 1. The van der Waals surface area contributed by atoms with Gasteiger partial charge in [0.2, 0.25) is 5.91 Å². The summed E-state index contributed by atoms with van der Waals surface area (Å²) in [6.45, 7) is 0.656. The number of halogens is 1. The van der Waals surface area contributed by atoms with Crippen molar-refractivity contribution < 1.29 is 13.9 Å². The van der Waals surface area contributed by atoms with E-state index in [1.54, 1.807) is 18.2 Å². The Kier molecular flexibility index (Phi) is 5.11. The van der Waals surface area contributed by atoms with Crippen LogP contribution >= 0.6 is 0 Å². The first-order chi connectivity index (χ1) is 13.7.